The smallest absolute Gasteiger partial charge is 0.326 e. The van der Waals surface area contributed by atoms with E-state index in [0.717, 1.165) is 29.3 Å². The standard InChI is InChI=1S/C23H22ClNO4S2/c1-2-3-7-18(22(27)28)25-21(26)20(31-23(25)30)13-16-6-4-5-8-19(16)29-14-15-9-11-17(24)12-10-15/h4-6,8-13,18H,2-3,7,14H2,1H3,(H,27,28)/b20-13-. The third kappa shape index (κ3) is 5.87. The quantitative estimate of drug-likeness (QED) is 0.367. The molecule has 1 N–H and O–H groups in total. The van der Waals surface area contributed by atoms with Crippen LogP contribution in [-0.2, 0) is 16.2 Å². The van der Waals surface area contributed by atoms with Crippen LogP contribution in [-0.4, -0.2) is 32.2 Å². The second-order valence-electron chi connectivity index (χ2n) is 7.00. The molecule has 2 aromatic rings. The van der Waals surface area contributed by atoms with Crippen LogP contribution in [0.4, 0.5) is 0 Å². The van der Waals surface area contributed by atoms with Gasteiger partial charge in [-0.25, -0.2) is 4.79 Å². The Balaban J connectivity index is 1.80. The van der Waals surface area contributed by atoms with E-state index in [-0.39, 0.29) is 10.2 Å². The third-order valence-electron chi connectivity index (χ3n) is 4.76. The van der Waals surface area contributed by atoms with Gasteiger partial charge in [-0.15, -0.1) is 0 Å². The van der Waals surface area contributed by atoms with Gasteiger partial charge in [0.25, 0.3) is 5.91 Å². The van der Waals surface area contributed by atoms with Crippen LogP contribution in [0.15, 0.2) is 53.4 Å². The van der Waals surface area contributed by atoms with Crippen LogP contribution in [0.3, 0.4) is 0 Å². The van der Waals surface area contributed by atoms with Crippen molar-refractivity contribution in [1.29, 1.82) is 0 Å². The van der Waals surface area contributed by atoms with Gasteiger partial charge >= 0.3 is 5.97 Å². The van der Waals surface area contributed by atoms with Crippen LogP contribution < -0.4 is 4.74 Å². The normalized spacial score (nSPS) is 16.1. The van der Waals surface area contributed by atoms with E-state index in [9.17, 15) is 14.7 Å². The van der Waals surface area contributed by atoms with E-state index in [0.29, 0.717) is 35.1 Å². The fraction of sp³-hybridized carbons (Fsp3) is 0.261. The molecule has 1 heterocycles. The van der Waals surface area contributed by atoms with Crippen LogP contribution >= 0.6 is 35.6 Å². The lowest BCUT2D eigenvalue weighted by molar-refractivity contribution is -0.145. The highest BCUT2D eigenvalue weighted by Gasteiger charge is 2.40. The lowest BCUT2D eigenvalue weighted by atomic mass is 10.1. The number of thioether (sulfide) groups is 1. The van der Waals surface area contributed by atoms with E-state index in [4.69, 9.17) is 28.6 Å². The fourth-order valence-corrected chi connectivity index (χ4v) is 4.60. The lowest BCUT2D eigenvalue weighted by Crippen LogP contribution is -2.43. The Morgan fingerprint density at radius 3 is 2.65 bits per heavy atom. The molecular formula is C23H22ClNO4S2. The summed E-state index contributed by atoms with van der Waals surface area (Å²) < 4.78 is 6.22. The summed E-state index contributed by atoms with van der Waals surface area (Å²) in [7, 11) is 0. The highest BCUT2D eigenvalue weighted by atomic mass is 35.5. The summed E-state index contributed by atoms with van der Waals surface area (Å²) in [6, 6.07) is 13.8. The SMILES string of the molecule is CCCCC(C(=O)O)N1C(=O)/C(=C/c2ccccc2OCc2ccc(Cl)cc2)SC1=S. The van der Waals surface area contributed by atoms with Gasteiger partial charge in [-0.3, -0.25) is 9.69 Å². The number of carboxylic acid groups (broad SMARTS) is 1. The number of hydrogen-bond acceptors (Lipinski definition) is 5. The Kier molecular flexibility index (Phi) is 8.12. The number of halogens is 1. The first-order chi connectivity index (χ1) is 14.9. The Hall–Kier alpha value is -2.35. The zero-order chi connectivity index (χ0) is 22.4. The van der Waals surface area contributed by atoms with Crippen molar-refractivity contribution in [3.63, 3.8) is 0 Å². The second kappa shape index (κ2) is 10.8. The van der Waals surface area contributed by atoms with Crippen molar-refractivity contribution in [3.05, 3.63) is 69.6 Å². The number of hydrogen-bond donors (Lipinski definition) is 1. The molecule has 0 spiro atoms. The molecular weight excluding hydrogens is 454 g/mol. The summed E-state index contributed by atoms with van der Waals surface area (Å²) in [5.74, 6) is -0.813. The van der Waals surface area contributed by atoms with Gasteiger partial charge in [0.05, 0.1) is 4.91 Å². The lowest BCUT2D eigenvalue weighted by Gasteiger charge is -2.22. The summed E-state index contributed by atoms with van der Waals surface area (Å²) >= 11 is 12.4. The van der Waals surface area contributed by atoms with Gasteiger partial charge in [-0.05, 0) is 36.3 Å². The monoisotopic (exact) mass is 475 g/mol. The average molecular weight is 476 g/mol. The number of amides is 1. The van der Waals surface area contributed by atoms with Crippen LogP contribution in [0.5, 0.6) is 5.75 Å². The van der Waals surface area contributed by atoms with Crippen molar-refractivity contribution < 1.29 is 19.4 Å². The number of benzene rings is 2. The zero-order valence-electron chi connectivity index (χ0n) is 16.9. The number of carbonyl (C=O) groups is 2. The topological polar surface area (TPSA) is 66.8 Å². The predicted molar refractivity (Wildman–Crippen MR) is 128 cm³/mol. The Bertz CT molecular complexity index is 1010. The predicted octanol–water partition coefficient (Wildman–Crippen LogP) is 5.76. The number of unbranched alkanes of at least 4 members (excludes halogenated alkanes) is 1. The molecule has 31 heavy (non-hydrogen) atoms. The van der Waals surface area contributed by atoms with Crippen LogP contribution in [0.25, 0.3) is 6.08 Å². The first kappa shape index (κ1) is 23.3. The maximum atomic E-state index is 13.0. The minimum Gasteiger partial charge on any atom is -0.488 e. The van der Waals surface area contributed by atoms with Gasteiger partial charge in [0, 0.05) is 10.6 Å². The van der Waals surface area contributed by atoms with E-state index < -0.39 is 12.0 Å². The van der Waals surface area contributed by atoms with Gasteiger partial charge in [0.15, 0.2) is 0 Å². The number of nitrogens with zero attached hydrogens (tertiary/aromatic N) is 1. The van der Waals surface area contributed by atoms with Gasteiger partial charge in [0.1, 0.15) is 22.7 Å². The van der Waals surface area contributed by atoms with E-state index in [1.54, 1.807) is 18.2 Å². The largest absolute Gasteiger partial charge is 0.488 e. The molecule has 0 radical (unpaired) electrons. The van der Waals surface area contributed by atoms with Crippen molar-refractivity contribution in [2.24, 2.45) is 0 Å². The molecule has 162 valence electrons. The molecule has 8 heteroatoms. The summed E-state index contributed by atoms with van der Waals surface area (Å²) in [4.78, 5) is 26.3. The number of thiocarbonyl (C=S) groups is 1. The zero-order valence-corrected chi connectivity index (χ0v) is 19.3. The molecule has 2 aromatic carbocycles. The van der Waals surface area contributed by atoms with Crippen LogP contribution in [0, 0.1) is 0 Å². The first-order valence-electron chi connectivity index (χ1n) is 9.87. The van der Waals surface area contributed by atoms with Crippen LogP contribution in [0.1, 0.15) is 37.3 Å². The van der Waals surface area contributed by atoms with Crippen molar-refractivity contribution in [1.82, 2.24) is 4.90 Å². The molecule has 1 unspecified atom stereocenters. The fourth-order valence-electron chi connectivity index (χ4n) is 3.12. The second-order valence-corrected chi connectivity index (χ2v) is 9.11. The summed E-state index contributed by atoms with van der Waals surface area (Å²) in [5, 5.41) is 10.3. The van der Waals surface area contributed by atoms with Crippen LogP contribution in [0.2, 0.25) is 5.02 Å². The molecule has 3 rings (SSSR count). The molecule has 1 fully saturated rings. The number of ether oxygens (including phenoxy) is 1. The van der Waals surface area contributed by atoms with E-state index in [2.05, 4.69) is 0 Å². The minimum atomic E-state index is -1.04. The summed E-state index contributed by atoms with van der Waals surface area (Å²) in [6.07, 6.45) is 3.61. The van der Waals surface area contributed by atoms with Gasteiger partial charge < -0.3 is 9.84 Å². The number of para-hydroxylation sites is 1. The van der Waals surface area contributed by atoms with Crippen molar-refractivity contribution in [2.45, 2.75) is 38.8 Å². The van der Waals surface area contributed by atoms with Gasteiger partial charge in [-0.2, -0.15) is 0 Å². The van der Waals surface area contributed by atoms with Gasteiger partial charge in [-0.1, -0.05) is 85.7 Å². The van der Waals surface area contributed by atoms with E-state index >= 15 is 0 Å². The Morgan fingerprint density at radius 2 is 1.97 bits per heavy atom. The number of carboxylic acids is 1. The van der Waals surface area contributed by atoms with E-state index in [1.807, 2.05) is 43.3 Å². The first-order valence-corrected chi connectivity index (χ1v) is 11.5. The number of aliphatic carboxylic acids is 1. The molecule has 5 nitrogen and oxygen atoms in total. The summed E-state index contributed by atoms with van der Waals surface area (Å²) in [5.41, 5.74) is 1.68. The maximum Gasteiger partial charge on any atom is 0.326 e. The number of rotatable bonds is 9. The molecule has 1 saturated heterocycles. The van der Waals surface area contributed by atoms with Crippen molar-refractivity contribution >= 4 is 57.9 Å². The van der Waals surface area contributed by atoms with E-state index in [1.165, 1.54) is 4.90 Å². The highest BCUT2D eigenvalue weighted by Crippen LogP contribution is 2.36. The highest BCUT2D eigenvalue weighted by molar-refractivity contribution is 8.26. The average Bonchev–Trinajstić information content (AvgIpc) is 3.02. The maximum absolute atomic E-state index is 13.0. The number of carbonyl (C=O) groups excluding carboxylic acids is 1. The summed E-state index contributed by atoms with van der Waals surface area (Å²) in [6.45, 7) is 2.32. The molecule has 1 atom stereocenters. The molecule has 0 aliphatic carbocycles. The van der Waals surface area contributed by atoms with Crippen molar-refractivity contribution in [3.8, 4) is 5.75 Å². The molecule has 1 aliphatic heterocycles. The third-order valence-corrected chi connectivity index (χ3v) is 6.35. The minimum absolute atomic E-state index is 0.263. The van der Waals surface area contributed by atoms with Gasteiger partial charge in [0.2, 0.25) is 0 Å². The Labute approximate surface area is 196 Å². The molecule has 0 aromatic heterocycles. The molecule has 0 saturated carbocycles. The molecule has 0 bridgehead atoms. The molecule has 1 amide bonds. The van der Waals surface area contributed by atoms with Crippen molar-refractivity contribution in [2.75, 3.05) is 0 Å². The Morgan fingerprint density at radius 1 is 1.26 bits per heavy atom. The molecule has 1 aliphatic rings.